The number of rotatable bonds is 6. The molecular formula is C17H20ClN5O2. The van der Waals surface area contributed by atoms with E-state index in [1.165, 1.54) is 7.11 Å². The summed E-state index contributed by atoms with van der Waals surface area (Å²) in [6.07, 6.45) is 2.46. The van der Waals surface area contributed by atoms with Crippen molar-refractivity contribution in [3.8, 4) is 6.01 Å². The molecule has 1 N–H and O–H groups in total. The van der Waals surface area contributed by atoms with E-state index in [0.29, 0.717) is 16.8 Å². The van der Waals surface area contributed by atoms with Crippen LogP contribution in [-0.4, -0.2) is 41.1 Å². The van der Waals surface area contributed by atoms with Crippen molar-refractivity contribution in [3.63, 3.8) is 0 Å². The minimum absolute atomic E-state index is 0.143. The van der Waals surface area contributed by atoms with Gasteiger partial charge in [0.15, 0.2) is 5.82 Å². The van der Waals surface area contributed by atoms with E-state index in [1.807, 2.05) is 18.2 Å². The molecule has 1 aromatic heterocycles. The molecule has 1 aromatic carbocycles. The van der Waals surface area contributed by atoms with Crippen molar-refractivity contribution >= 4 is 23.5 Å². The van der Waals surface area contributed by atoms with Crippen LogP contribution in [0, 0.1) is 0 Å². The van der Waals surface area contributed by atoms with E-state index in [1.54, 1.807) is 6.07 Å². The SMILES string of the molecule is COc1nc(CNC(=O)Cc2ccccc2Cl)nc(N2CCCC2)n1. The molecule has 0 bridgehead atoms. The lowest BCUT2D eigenvalue weighted by atomic mass is 10.1. The predicted molar refractivity (Wildman–Crippen MR) is 94.8 cm³/mol. The van der Waals surface area contributed by atoms with Crippen LogP contribution in [0.4, 0.5) is 5.95 Å². The summed E-state index contributed by atoms with van der Waals surface area (Å²) in [5.74, 6) is 0.927. The van der Waals surface area contributed by atoms with E-state index in [-0.39, 0.29) is 24.9 Å². The number of hydrogen-bond donors (Lipinski definition) is 1. The van der Waals surface area contributed by atoms with Gasteiger partial charge in [-0.25, -0.2) is 0 Å². The molecule has 3 rings (SSSR count). The van der Waals surface area contributed by atoms with Crippen LogP contribution < -0.4 is 15.0 Å². The zero-order valence-corrected chi connectivity index (χ0v) is 14.8. The van der Waals surface area contributed by atoms with Gasteiger partial charge in [0.05, 0.1) is 20.1 Å². The highest BCUT2D eigenvalue weighted by molar-refractivity contribution is 6.31. The van der Waals surface area contributed by atoms with Gasteiger partial charge in [-0.05, 0) is 24.5 Å². The number of nitrogens with zero attached hydrogens (tertiary/aromatic N) is 4. The molecule has 0 spiro atoms. The maximum Gasteiger partial charge on any atom is 0.321 e. The Balaban J connectivity index is 1.64. The first-order valence-corrected chi connectivity index (χ1v) is 8.57. The summed E-state index contributed by atoms with van der Waals surface area (Å²) >= 11 is 6.08. The van der Waals surface area contributed by atoms with Crippen molar-refractivity contribution in [2.45, 2.75) is 25.8 Å². The summed E-state index contributed by atoms with van der Waals surface area (Å²) in [7, 11) is 1.52. The fourth-order valence-electron chi connectivity index (χ4n) is 2.67. The van der Waals surface area contributed by atoms with Gasteiger partial charge in [-0.2, -0.15) is 15.0 Å². The molecule has 0 radical (unpaired) electrons. The molecule has 1 amide bonds. The van der Waals surface area contributed by atoms with E-state index in [2.05, 4.69) is 25.2 Å². The third-order valence-electron chi connectivity index (χ3n) is 3.97. The molecule has 7 nitrogen and oxygen atoms in total. The Labute approximate surface area is 151 Å². The van der Waals surface area contributed by atoms with Crippen LogP contribution in [-0.2, 0) is 17.8 Å². The van der Waals surface area contributed by atoms with Crippen LogP contribution in [0.1, 0.15) is 24.2 Å². The van der Waals surface area contributed by atoms with Gasteiger partial charge >= 0.3 is 6.01 Å². The molecule has 1 saturated heterocycles. The number of carbonyl (C=O) groups excluding carboxylic acids is 1. The van der Waals surface area contributed by atoms with Gasteiger partial charge in [-0.15, -0.1) is 0 Å². The Bertz CT molecular complexity index is 750. The maximum absolute atomic E-state index is 12.2. The fourth-order valence-corrected chi connectivity index (χ4v) is 2.87. The van der Waals surface area contributed by atoms with Crippen molar-refractivity contribution in [1.82, 2.24) is 20.3 Å². The molecule has 1 aliphatic heterocycles. The molecule has 2 aromatic rings. The normalized spacial score (nSPS) is 13.8. The molecule has 2 heterocycles. The molecule has 0 aliphatic carbocycles. The van der Waals surface area contributed by atoms with Crippen molar-refractivity contribution in [3.05, 3.63) is 40.7 Å². The van der Waals surface area contributed by atoms with Gasteiger partial charge in [0, 0.05) is 18.1 Å². The summed E-state index contributed by atoms with van der Waals surface area (Å²) in [4.78, 5) is 27.2. The number of amides is 1. The minimum Gasteiger partial charge on any atom is -0.467 e. The van der Waals surface area contributed by atoms with Crippen LogP contribution in [0.3, 0.4) is 0 Å². The third-order valence-corrected chi connectivity index (χ3v) is 4.34. The van der Waals surface area contributed by atoms with E-state index < -0.39 is 0 Å². The number of hydrogen-bond acceptors (Lipinski definition) is 6. The number of anilines is 1. The standard InChI is InChI=1S/C17H20ClN5O2/c1-25-17-21-14(20-16(22-17)23-8-4-5-9-23)11-19-15(24)10-12-6-2-3-7-13(12)18/h2-3,6-7H,4-5,8-11H2,1H3,(H,19,24). The molecular weight excluding hydrogens is 342 g/mol. The second kappa shape index (κ2) is 8.11. The third kappa shape index (κ3) is 4.57. The number of aromatic nitrogens is 3. The molecule has 0 atom stereocenters. The zero-order valence-electron chi connectivity index (χ0n) is 14.0. The molecule has 25 heavy (non-hydrogen) atoms. The summed E-state index contributed by atoms with van der Waals surface area (Å²) < 4.78 is 5.15. The van der Waals surface area contributed by atoms with Gasteiger partial charge in [-0.3, -0.25) is 4.79 Å². The van der Waals surface area contributed by atoms with Crippen molar-refractivity contribution < 1.29 is 9.53 Å². The molecule has 0 unspecified atom stereocenters. The average molecular weight is 362 g/mol. The van der Waals surface area contributed by atoms with E-state index in [0.717, 1.165) is 31.5 Å². The number of benzene rings is 1. The van der Waals surface area contributed by atoms with Crippen LogP contribution in [0.15, 0.2) is 24.3 Å². The van der Waals surface area contributed by atoms with Crippen molar-refractivity contribution in [2.75, 3.05) is 25.1 Å². The van der Waals surface area contributed by atoms with Crippen LogP contribution >= 0.6 is 11.6 Å². The van der Waals surface area contributed by atoms with E-state index in [4.69, 9.17) is 16.3 Å². The van der Waals surface area contributed by atoms with Crippen molar-refractivity contribution in [1.29, 1.82) is 0 Å². The molecule has 8 heteroatoms. The Hall–Kier alpha value is -2.41. The Morgan fingerprint density at radius 3 is 2.72 bits per heavy atom. The Morgan fingerprint density at radius 1 is 1.24 bits per heavy atom. The van der Waals surface area contributed by atoms with Crippen LogP contribution in [0.2, 0.25) is 5.02 Å². The first kappa shape index (κ1) is 17.4. The summed E-state index contributed by atoms with van der Waals surface area (Å²) in [5, 5.41) is 3.40. The maximum atomic E-state index is 12.2. The number of halogens is 1. The minimum atomic E-state index is -0.143. The van der Waals surface area contributed by atoms with Crippen LogP contribution in [0.5, 0.6) is 6.01 Å². The summed E-state index contributed by atoms with van der Waals surface area (Å²) in [6, 6.07) is 7.55. The average Bonchev–Trinajstić information content (AvgIpc) is 3.16. The lowest BCUT2D eigenvalue weighted by molar-refractivity contribution is -0.120. The first-order chi connectivity index (χ1) is 12.2. The molecule has 1 aliphatic rings. The highest BCUT2D eigenvalue weighted by atomic mass is 35.5. The molecule has 132 valence electrons. The number of carbonyl (C=O) groups is 1. The first-order valence-electron chi connectivity index (χ1n) is 8.19. The highest BCUT2D eigenvalue weighted by Crippen LogP contribution is 2.18. The monoisotopic (exact) mass is 361 g/mol. The quantitative estimate of drug-likeness (QED) is 0.847. The van der Waals surface area contributed by atoms with Gasteiger partial charge < -0.3 is 15.0 Å². The smallest absolute Gasteiger partial charge is 0.321 e. The van der Waals surface area contributed by atoms with Gasteiger partial charge in [0.2, 0.25) is 11.9 Å². The second-order valence-corrected chi connectivity index (χ2v) is 6.18. The van der Waals surface area contributed by atoms with Gasteiger partial charge in [0.25, 0.3) is 0 Å². The zero-order chi connectivity index (χ0) is 17.6. The fraction of sp³-hybridized carbons (Fsp3) is 0.412. The van der Waals surface area contributed by atoms with Crippen LogP contribution in [0.25, 0.3) is 0 Å². The second-order valence-electron chi connectivity index (χ2n) is 5.78. The number of ether oxygens (including phenoxy) is 1. The lowest BCUT2D eigenvalue weighted by Gasteiger charge is -2.16. The Morgan fingerprint density at radius 2 is 2.00 bits per heavy atom. The Kier molecular flexibility index (Phi) is 5.65. The topological polar surface area (TPSA) is 80.2 Å². The van der Waals surface area contributed by atoms with Crippen molar-refractivity contribution in [2.24, 2.45) is 0 Å². The molecule has 0 saturated carbocycles. The van der Waals surface area contributed by atoms with E-state index in [9.17, 15) is 4.79 Å². The lowest BCUT2D eigenvalue weighted by Crippen LogP contribution is -2.27. The van der Waals surface area contributed by atoms with Gasteiger partial charge in [0.1, 0.15) is 0 Å². The molecule has 1 fully saturated rings. The summed E-state index contributed by atoms with van der Waals surface area (Å²) in [5.41, 5.74) is 0.785. The predicted octanol–water partition coefficient (Wildman–Crippen LogP) is 1.99. The largest absolute Gasteiger partial charge is 0.467 e. The highest BCUT2D eigenvalue weighted by Gasteiger charge is 2.18. The number of methoxy groups -OCH3 is 1. The summed E-state index contributed by atoms with van der Waals surface area (Å²) in [6.45, 7) is 2.06. The number of nitrogens with one attached hydrogen (secondary N) is 1. The van der Waals surface area contributed by atoms with E-state index >= 15 is 0 Å². The van der Waals surface area contributed by atoms with Gasteiger partial charge in [-0.1, -0.05) is 29.8 Å².